The highest BCUT2D eigenvalue weighted by Crippen LogP contribution is 2.38. The van der Waals surface area contributed by atoms with Crippen LogP contribution in [0.4, 0.5) is 0 Å². The first-order valence-corrected chi connectivity index (χ1v) is 9.39. The summed E-state index contributed by atoms with van der Waals surface area (Å²) in [6, 6.07) is 10.7. The van der Waals surface area contributed by atoms with Gasteiger partial charge in [0.15, 0.2) is 11.5 Å². The summed E-state index contributed by atoms with van der Waals surface area (Å²) >= 11 is 11.6. The largest absolute Gasteiger partial charge is 0.502 e. The monoisotopic (exact) mass is 407 g/mol. The Morgan fingerprint density at radius 1 is 1.07 bits per heavy atom. The van der Waals surface area contributed by atoms with Crippen LogP contribution in [0.3, 0.4) is 0 Å². The zero-order valence-electron chi connectivity index (χ0n) is 15.2. The molecule has 2 aromatic rings. The summed E-state index contributed by atoms with van der Waals surface area (Å²) in [4.78, 5) is 2.68. The number of hydrogen-bond donors (Lipinski definition) is 2. The molecule has 1 heterocycles. The predicted octanol–water partition coefficient (Wildman–Crippen LogP) is 3.72. The van der Waals surface area contributed by atoms with Crippen molar-refractivity contribution in [1.29, 1.82) is 0 Å². The van der Waals surface area contributed by atoms with Crippen LogP contribution in [0.25, 0.3) is 0 Å². The number of likely N-dealkylation sites (tertiary alicyclic amines) is 1. The number of phenols is 1. The highest BCUT2D eigenvalue weighted by Gasteiger charge is 2.35. The van der Waals surface area contributed by atoms with E-state index in [1.54, 1.807) is 24.3 Å². The van der Waals surface area contributed by atoms with Gasteiger partial charge in [-0.2, -0.15) is 0 Å². The van der Waals surface area contributed by atoms with Crippen LogP contribution in [0.2, 0.25) is 5.02 Å². The van der Waals surface area contributed by atoms with Crippen molar-refractivity contribution in [2.24, 2.45) is 0 Å². The van der Waals surface area contributed by atoms with E-state index in [4.69, 9.17) is 33.3 Å². The van der Waals surface area contributed by atoms with Crippen LogP contribution in [0, 0.1) is 0 Å². The number of ether oxygens (including phenoxy) is 2. The van der Waals surface area contributed by atoms with Gasteiger partial charge in [-0.15, -0.1) is 0 Å². The number of aliphatic hydroxyl groups is 1. The Hall–Kier alpha value is -2.02. The lowest BCUT2D eigenvalue weighted by atomic mass is 9.84. The Labute approximate surface area is 169 Å². The lowest BCUT2D eigenvalue weighted by Gasteiger charge is -2.39. The van der Waals surface area contributed by atoms with E-state index in [0.29, 0.717) is 47.4 Å². The number of piperidine rings is 1. The lowest BCUT2D eigenvalue weighted by molar-refractivity contribution is -0.0116. The van der Waals surface area contributed by atoms with Crippen LogP contribution in [-0.4, -0.2) is 47.4 Å². The molecule has 0 atom stereocenters. The van der Waals surface area contributed by atoms with E-state index in [2.05, 4.69) is 0 Å². The van der Waals surface area contributed by atoms with Gasteiger partial charge in [0, 0.05) is 23.7 Å². The Morgan fingerprint density at radius 2 is 1.59 bits per heavy atom. The molecule has 1 fully saturated rings. The molecule has 0 saturated carbocycles. The number of rotatable bonds is 4. The Bertz CT molecular complexity index is 807. The van der Waals surface area contributed by atoms with Gasteiger partial charge < -0.3 is 24.6 Å². The third-order valence-electron chi connectivity index (χ3n) is 4.99. The second kappa shape index (κ2) is 7.92. The Balaban J connectivity index is 1.76. The maximum Gasteiger partial charge on any atom is 0.200 e. The summed E-state index contributed by atoms with van der Waals surface area (Å²) < 4.78 is 10.4. The number of nitrogens with zero attached hydrogens (tertiary/aromatic N) is 1. The number of hydrogen-bond acceptors (Lipinski definition) is 5. The molecule has 144 valence electrons. The highest BCUT2D eigenvalue weighted by atomic mass is 35.5. The Morgan fingerprint density at radius 3 is 2.07 bits per heavy atom. The van der Waals surface area contributed by atoms with Crippen LogP contribution in [0.1, 0.15) is 24.0 Å². The van der Waals surface area contributed by atoms with Gasteiger partial charge in [0.25, 0.3) is 0 Å². The first kappa shape index (κ1) is 19.7. The normalized spacial score (nSPS) is 16.1. The predicted molar refractivity (Wildman–Crippen MR) is 109 cm³/mol. The number of phenolic OH excluding ortho intramolecular Hbond substituents is 1. The van der Waals surface area contributed by atoms with Gasteiger partial charge in [0.2, 0.25) is 5.75 Å². The maximum atomic E-state index is 11.0. The van der Waals surface area contributed by atoms with Crippen molar-refractivity contribution in [2.75, 3.05) is 27.3 Å². The average molecular weight is 408 g/mol. The number of halogens is 1. The summed E-state index contributed by atoms with van der Waals surface area (Å²) in [5.41, 5.74) is 0.708. The SMILES string of the molecule is COc1cc(C(=S)N2CCC(O)(c3ccc(Cl)cc3)CC2)cc(OC)c1O. The molecule has 0 aliphatic carbocycles. The number of methoxy groups -OCH3 is 2. The molecule has 0 amide bonds. The van der Waals surface area contributed by atoms with Crippen LogP contribution in [-0.2, 0) is 5.60 Å². The summed E-state index contributed by atoms with van der Waals surface area (Å²) in [7, 11) is 2.96. The summed E-state index contributed by atoms with van der Waals surface area (Å²) in [6.07, 6.45) is 1.11. The summed E-state index contributed by atoms with van der Waals surface area (Å²) in [5.74, 6) is 0.560. The van der Waals surface area contributed by atoms with Gasteiger partial charge in [-0.05, 0) is 42.7 Å². The second-order valence-corrected chi connectivity index (χ2v) is 7.38. The van der Waals surface area contributed by atoms with E-state index < -0.39 is 5.60 Å². The molecule has 27 heavy (non-hydrogen) atoms. The first-order chi connectivity index (χ1) is 12.9. The van der Waals surface area contributed by atoms with Crippen molar-refractivity contribution >= 4 is 28.8 Å². The summed E-state index contributed by atoms with van der Waals surface area (Å²) in [6.45, 7) is 1.23. The minimum Gasteiger partial charge on any atom is -0.502 e. The van der Waals surface area contributed by atoms with Gasteiger partial charge >= 0.3 is 0 Å². The van der Waals surface area contributed by atoms with Crippen LogP contribution >= 0.6 is 23.8 Å². The molecular weight excluding hydrogens is 386 g/mol. The molecule has 0 radical (unpaired) electrons. The smallest absolute Gasteiger partial charge is 0.200 e. The third kappa shape index (κ3) is 3.98. The fraction of sp³-hybridized carbons (Fsp3) is 0.350. The van der Waals surface area contributed by atoms with Crippen LogP contribution < -0.4 is 9.47 Å². The van der Waals surface area contributed by atoms with E-state index in [-0.39, 0.29) is 5.75 Å². The molecule has 0 aromatic heterocycles. The van der Waals surface area contributed by atoms with E-state index in [0.717, 1.165) is 11.1 Å². The fourth-order valence-corrected chi connectivity index (χ4v) is 3.75. The molecule has 0 spiro atoms. The van der Waals surface area contributed by atoms with Gasteiger partial charge in [-0.1, -0.05) is 36.0 Å². The number of benzene rings is 2. The van der Waals surface area contributed by atoms with Gasteiger partial charge in [-0.25, -0.2) is 0 Å². The average Bonchev–Trinajstić information content (AvgIpc) is 2.68. The van der Waals surface area contributed by atoms with Crippen molar-refractivity contribution in [3.63, 3.8) is 0 Å². The first-order valence-electron chi connectivity index (χ1n) is 8.60. The van der Waals surface area contributed by atoms with Gasteiger partial charge in [0.1, 0.15) is 4.99 Å². The van der Waals surface area contributed by atoms with Crippen molar-refractivity contribution in [2.45, 2.75) is 18.4 Å². The molecule has 0 unspecified atom stereocenters. The molecule has 5 nitrogen and oxygen atoms in total. The molecule has 1 aliphatic rings. The molecule has 3 rings (SSSR count). The molecule has 1 aliphatic heterocycles. The fourth-order valence-electron chi connectivity index (χ4n) is 3.33. The minimum absolute atomic E-state index is 0.0534. The topological polar surface area (TPSA) is 62.2 Å². The number of aromatic hydroxyl groups is 1. The van der Waals surface area contributed by atoms with Crippen LogP contribution in [0.15, 0.2) is 36.4 Å². The summed E-state index contributed by atoms with van der Waals surface area (Å²) in [5, 5.41) is 21.7. The van der Waals surface area contributed by atoms with Crippen molar-refractivity contribution < 1.29 is 19.7 Å². The Kier molecular flexibility index (Phi) is 5.79. The van der Waals surface area contributed by atoms with E-state index >= 15 is 0 Å². The standard InChI is InChI=1S/C20H22ClNO4S/c1-25-16-11-13(12-17(26-2)18(16)23)19(27)22-9-7-20(24,8-10-22)14-3-5-15(21)6-4-14/h3-6,11-12,23-24H,7-10H2,1-2H3. The second-order valence-electron chi connectivity index (χ2n) is 6.56. The minimum atomic E-state index is -0.888. The van der Waals surface area contributed by atoms with E-state index in [1.165, 1.54) is 14.2 Å². The van der Waals surface area contributed by atoms with Gasteiger partial charge in [0.05, 0.1) is 19.8 Å². The number of thiocarbonyl (C=S) groups is 1. The molecule has 1 saturated heterocycles. The zero-order chi connectivity index (χ0) is 19.6. The van der Waals surface area contributed by atoms with Gasteiger partial charge in [-0.3, -0.25) is 0 Å². The molecule has 2 N–H and O–H groups in total. The maximum absolute atomic E-state index is 11.0. The lowest BCUT2D eigenvalue weighted by Crippen LogP contribution is -2.44. The molecule has 2 aromatic carbocycles. The quantitative estimate of drug-likeness (QED) is 0.753. The third-order valence-corrected chi connectivity index (χ3v) is 5.73. The molecular formula is C20H22ClNO4S. The molecule has 7 heteroatoms. The highest BCUT2D eigenvalue weighted by molar-refractivity contribution is 7.80. The van der Waals surface area contributed by atoms with E-state index in [1.807, 2.05) is 17.0 Å². The zero-order valence-corrected chi connectivity index (χ0v) is 16.8. The van der Waals surface area contributed by atoms with Crippen LogP contribution in [0.5, 0.6) is 17.2 Å². The molecule has 0 bridgehead atoms. The van der Waals surface area contributed by atoms with Crippen molar-refractivity contribution in [1.82, 2.24) is 4.90 Å². The van der Waals surface area contributed by atoms with E-state index in [9.17, 15) is 10.2 Å². The van der Waals surface area contributed by atoms with Crippen molar-refractivity contribution in [3.8, 4) is 17.2 Å². The van der Waals surface area contributed by atoms with Crippen molar-refractivity contribution in [3.05, 3.63) is 52.5 Å².